The number of rotatable bonds is 4. The van der Waals surface area contributed by atoms with Crippen LogP contribution in [0.5, 0.6) is 5.75 Å². The molecule has 0 spiro atoms. The van der Waals surface area contributed by atoms with Crippen molar-refractivity contribution in [1.29, 1.82) is 0 Å². The number of aliphatic hydroxyl groups excluding tert-OH is 1. The van der Waals surface area contributed by atoms with Gasteiger partial charge in [-0.1, -0.05) is 29.8 Å². The van der Waals surface area contributed by atoms with Crippen molar-refractivity contribution >= 4 is 27.5 Å². The van der Waals surface area contributed by atoms with Crippen LogP contribution in [0.15, 0.2) is 40.9 Å². The van der Waals surface area contributed by atoms with Crippen LogP contribution in [-0.2, 0) is 6.61 Å². The van der Waals surface area contributed by atoms with Crippen LogP contribution >= 0.6 is 27.5 Å². The third-order valence-electron chi connectivity index (χ3n) is 2.85. The maximum atomic E-state index is 13.4. The molecule has 1 atom stereocenters. The van der Waals surface area contributed by atoms with Crippen molar-refractivity contribution in [3.8, 4) is 5.75 Å². The van der Waals surface area contributed by atoms with Gasteiger partial charge in [-0.25, -0.2) is 4.39 Å². The molecule has 2 aromatic carbocycles. The zero-order chi connectivity index (χ0) is 14.7. The van der Waals surface area contributed by atoms with Crippen molar-refractivity contribution in [3.05, 3.63) is 62.8 Å². The third kappa shape index (κ3) is 3.51. The lowest BCUT2D eigenvalue weighted by Gasteiger charge is -2.12. The quantitative estimate of drug-likeness (QED) is 0.843. The maximum absolute atomic E-state index is 13.4. The van der Waals surface area contributed by atoms with Gasteiger partial charge in [0.1, 0.15) is 18.2 Å². The Hall–Kier alpha value is -1.10. The van der Waals surface area contributed by atoms with E-state index < -0.39 is 6.10 Å². The fraction of sp³-hybridized carbons (Fsp3) is 0.200. The van der Waals surface area contributed by atoms with Crippen LogP contribution in [0, 0.1) is 5.82 Å². The van der Waals surface area contributed by atoms with Gasteiger partial charge in [0.05, 0.1) is 15.6 Å². The first kappa shape index (κ1) is 15.3. The highest BCUT2D eigenvalue weighted by molar-refractivity contribution is 9.10. The summed E-state index contributed by atoms with van der Waals surface area (Å²) >= 11 is 9.27. The van der Waals surface area contributed by atoms with Gasteiger partial charge < -0.3 is 9.84 Å². The summed E-state index contributed by atoms with van der Waals surface area (Å²) in [5.41, 5.74) is 1.41. The summed E-state index contributed by atoms with van der Waals surface area (Å²) in [6.07, 6.45) is -0.584. The van der Waals surface area contributed by atoms with E-state index in [1.807, 2.05) is 0 Å². The SMILES string of the molecule is C[C@@H](O)c1ccc(OCc2cccc(F)c2Br)c(Cl)c1. The van der Waals surface area contributed by atoms with Gasteiger partial charge in [-0.05, 0) is 46.6 Å². The summed E-state index contributed by atoms with van der Waals surface area (Å²) in [6, 6.07) is 9.85. The van der Waals surface area contributed by atoms with Crippen LogP contribution < -0.4 is 4.74 Å². The molecule has 0 amide bonds. The van der Waals surface area contributed by atoms with Crippen LogP contribution in [0.4, 0.5) is 4.39 Å². The molecule has 0 fully saturated rings. The van der Waals surface area contributed by atoms with E-state index in [0.29, 0.717) is 26.4 Å². The molecule has 0 saturated carbocycles. The molecule has 2 aromatic rings. The van der Waals surface area contributed by atoms with E-state index in [2.05, 4.69) is 15.9 Å². The van der Waals surface area contributed by atoms with Crippen LogP contribution in [0.3, 0.4) is 0 Å². The summed E-state index contributed by atoms with van der Waals surface area (Å²) in [4.78, 5) is 0. The highest BCUT2D eigenvalue weighted by atomic mass is 79.9. The molecule has 0 saturated heterocycles. The highest BCUT2D eigenvalue weighted by Gasteiger charge is 2.09. The van der Waals surface area contributed by atoms with Gasteiger partial charge in [-0.15, -0.1) is 0 Å². The minimum Gasteiger partial charge on any atom is -0.487 e. The largest absolute Gasteiger partial charge is 0.487 e. The van der Waals surface area contributed by atoms with Gasteiger partial charge in [0.2, 0.25) is 0 Å². The average molecular weight is 360 g/mol. The standard InChI is InChI=1S/C15H13BrClFO2/c1-9(19)10-5-6-14(12(17)7-10)20-8-11-3-2-4-13(18)15(11)16/h2-7,9,19H,8H2,1H3/t9-/m1/s1. The molecule has 2 nitrogen and oxygen atoms in total. The monoisotopic (exact) mass is 358 g/mol. The lowest BCUT2D eigenvalue weighted by molar-refractivity contribution is 0.199. The maximum Gasteiger partial charge on any atom is 0.138 e. The van der Waals surface area contributed by atoms with Crippen molar-refractivity contribution < 1.29 is 14.2 Å². The van der Waals surface area contributed by atoms with Crippen molar-refractivity contribution in [2.75, 3.05) is 0 Å². The lowest BCUT2D eigenvalue weighted by atomic mass is 10.1. The highest BCUT2D eigenvalue weighted by Crippen LogP contribution is 2.29. The first-order valence-corrected chi connectivity index (χ1v) is 7.19. The van der Waals surface area contributed by atoms with E-state index in [0.717, 1.165) is 0 Å². The number of ether oxygens (including phenoxy) is 1. The molecule has 0 radical (unpaired) electrons. The second-order valence-corrected chi connectivity index (χ2v) is 5.57. The van der Waals surface area contributed by atoms with E-state index in [-0.39, 0.29) is 12.4 Å². The predicted molar refractivity (Wildman–Crippen MR) is 80.5 cm³/mol. The Bertz CT molecular complexity index is 617. The van der Waals surface area contributed by atoms with Gasteiger partial charge in [0, 0.05) is 5.56 Å². The Kier molecular flexibility index (Phi) is 5.02. The van der Waals surface area contributed by atoms with Crippen molar-refractivity contribution in [1.82, 2.24) is 0 Å². The Morgan fingerprint density at radius 1 is 1.35 bits per heavy atom. The van der Waals surface area contributed by atoms with Crippen LogP contribution in [0.2, 0.25) is 5.02 Å². The van der Waals surface area contributed by atoms with Crippen LogP contribution in [0.1, 0.15) is 24.2 Å². The van der Waals surface area contributed by atoms with E-state index in [9.17, 15) is 9.50 Å². The smallest absolute Gasteiger partial charge is 0.138 e. The van der Waals surface area contributed by atoms with Crippen LogP contribution in [0.25, 0.3) is 0 Å². The van der Waals surface area contributed by atoms with Gasteiger partial charge in [0.15, 0.2) is 0 Å². The van der Waals surface area contributed by atoms with E-state index in [1.54, 1.807) is 37.3 Å². The van der Waals surface area contributed by atoms with E-state index >= 15 is 0 Å². The molecule has 106 valence electrons. The number of hydrogen-bond acceptors (Lipinski definition) is 2. The number of halogens is 3. The van der Waals surface area contributed by atoms with E-state index in [1.165, 1.54) is 6.07 Å². The summed E-state index contributed by atoms with van der Waals surface area (Å²) in [5.74, 6) is 0.161. The second-order valence-electron chi connectivity index (χ2n) is 4.37. The molecule has 0 aliphatic carbocycles. The summed E-state index contributed by atoms with van der Waals surface area (Å²) in [5, 5.41) is 9.88. The fourth-order valence-electron chi connectivity index (χ4n) is 1.71. The van der Waals surface area contributed by atoms with Crippen molar-refractivity contribution in [2.24, 2.45) is 0 Å². The first-order chi connectivity index (χ1) is 9.49. The molecular formula is C15H13BrClFO2. The topological polar surface area (TPSA) is 29.5 Å². The Labute approximate surface area is 130 Å². The molecule has 0 aromatic heterocycles. The zero-order valence-electron chi connectivity index (χ0n) is 10.7. The van der Waals surface area contributed by atoms with Crippen LogP contribution in [-0.4, -0.2) is 5.11 Å². The number of benzene rings is 2. The molecule has 2 rings (SSSR count). The minimum atomic E-state index is -0.584. The van der Waals surface area contributed by atoms with Gasteiger partial charge in [-0.2, -0.15) is 0 Å². The summed E-state index contributed by atoms with van der Waals surface area (Å²) < 4.78 is 19.3. The predicted octanol–water partition coefficient (Wildman–Crippen LogP) is 4.87. The van der Waals surface area contributed by atoms with Gasteiger partial charge in [-0.3, -0.25) is 0 Å². The van der Waals surface area contributed by atoms with E-state index in [4.69, 9.17) is 16.3 Å². The molecule has 1 N–H and O–H groups in total. The summed E-state index contributed by atoms with van der Waals surface area (Å²) in [7, 11) is 0. The van der Waals surface area contributed by atoms with Crippen molar-refractivity contribution in [3.63, 3.8) is 0 Å². The molecule has 0 bridgehead atoms. The first-order valence-electron chi connectivity index (χ1n) is 6.02. The fourth-order valence-corrected chi connectivity index (χ4v) is 2.33. The second kappa shape index (κ2) is 6.57. The lowest BCUT2D eigenvalue weighted by Crippen LogP contribution is -1.99. The van der Waals surface area contributed by atoms with Gasteiger partial charge in [0.25, 0.3) is 0 Å². The number of hydrogen-bond donors (Lipinski definition) is 1. The molecule has 0 unspecified atom stereocenters. The Morgan fingerprint density at radius 2 is 2.10 bits per heavy atom. The average Bonchev–Trinajstić information content (AvgIpc) is 2.41. The molecule has 0 aliphatic rings. The molecule has 20 heavy (non-hydrogen) atoms. The number of aliphatic hydroxyl groups is 1. The Balaban J connectivity index is 2.13. The minimum absolute atomic E-state index is 0.200. The zero-order valence-corrected chi connectivity index (χ0v) is 13.1. The normalized spacial score (nSPS) is 12.2. The molecule has 0 aliphatic heterocycles. The third-order valence-corrected chi connectivity index (χ3v) is 4.04. The Morgan fingerprint density at radius 3 is 2.75 bits per heavy atom. The molecule has 0 heterocycles. The van der Waals surface area contributed by atoms with Gasteiger partial charge >= 0.3 is 0 Å². The van der Waals surface area contributed by atoms with Crippen molar-refractivity contribution in [2.45, 2.75) is 19.6 Å². The molecule has 5 heteroatoms. The molecular weight excluding hydrogens is 347 g/mol. The summed E-state index contributed by atoms with van der Waals surface area (Å²) in [6.45, 7) is 1.86.